The molecule has 0 spiro atoms. The van der Waals surface area contributed by atoms with E-state index in [1.165, 1.54) is 22.6 Å². The summed E-state index contributed by atoms with van der Waals surface area (Å²) in [6.45, 7) is 0. The first-order valence-corrected chi connectivity index (χ1v) is 7.36. The lowest BCUT2D eigenvalue weighted by molar-refractivity contribution is -0.393. The third kappa shape index (κ3) is 4.31. The minimum absolute atomic E-state index is 0.476. The zero-order chi connectivity index (χ0) is 15.0. The molecule has 0 saturated carbocycles. The van der Waals surface area contributed by atoms with Gasteiger partial charge in [0.05, 0.1) is 3.57 Å². The maximum atomic E-state index is 12.1. The summed E-state index contributed by atoms with van der Waals surface area (Å²) in [5, 5.41) is 9.65. The minimum atomic E-state index is -5.19. The van der Waals surface area contributed by atoms with Gasteiger partial charge in [-0.1, -0.05) is 0 Å². The van der Waals surface area contributed by atoms with E-state index < -0.39 is 40.5 Å². The predicted octanol–water partition coefficient (Wildman–Crippen LogP) is 2.42. The van der Waals surface area contributed by atoms with Crippen LogP contribution in [0.1, 0.15) is 0 Å². The van der Waals surface area contributed by atoms with Crippen LogP contribution in [0.4, 0.5) is 19.0 Å². The Hall–Kier alpha value is -0.890. The lowest BCUT2D eigenvalue weighted by atomic mass is 10.4. The summed E-state index contributed by atoms with van der Waals surface area (Å²) in [5.41, 5.74) is 0. The largest absolute Gasteiger partial charge is 0.573 e. The molecule has 1 aromatic rings. The van der Waals surface area contributed by atoms with E-state index in [1.54, 1.807) is 0 Å². The van der Waals surface area contributed by atoms with Crippen molar-refractivity contribution in [2.75, 3.05) is 0 Å². The fourth-order valence-corrected chi connectivity index (χ4v) is 2.48. The second kappa shape index (κ2) is 5.24. The van der Waals surface area contributed by atoms with Crippen molar-refractivity contribution in [3.05, 3.63) is 19.8 Å². The molecule has 0 atom stereocenters. The number of halogens is 5. The Morgan fingerprint density at radius 1 is 1.47 bits per heavy atom. The zero-order valence-electron chi connectivity index (χ0n) is 8.31. The van der Waals surface area contributed by atoms with Crippen LogP contribution in [0.5, 0.6) is 5.75 Å². The van der Waals surface area contributed by atoms with E-state index in [4.69, 9.17) is 10.7 Å². The van der Waals surface area contributed by atoms with E-state index in [1.807, 2.05) is 0 Å². The van der Waals surface area contributed by atoms with Crippen LogP contribution < -0.4 is 4.74 Å². The van der Waals surface area contributed by atoms with Crippen molar-refractivity contribution in [3.63, 3.8) is 0 Å². The Balaban J connectivity index is 3.53. The highest BCUT2D eigenvalue weighted by atomic mass is 127. The Kier molecular flexibility index (Phi) is 4.46. The molecule has 7 nitrogen and oxygen atoms in total. The van der Waals surface area contributed by atoms with Gasteiger partial charge in [-0.15, -0.1) is 13.2 Å². The topological polar surface area (TPSA) is 99.4 Å². The molecule has 0 aliphatic rings. The van der Waals surface area contributed by atoms with E-state index >= 15 is 0 Å². The number of aromatic nitrogens is 1. The van der Waals surface area contributed by atoms with Gasteiger partial charge in [0.25, 0.3) is 5.03 Å². The lowest BCUT2D eigenvalue weighted by Gasteiger charge is -2.10. The van der Waals surface area contributed by atoms with Gasteiger partial charge in [-0.2, -0.15) is 0 Å². The third-order valence-electron chi connectivity index (χ3n) is 1.53. The number of hydrogen-bond donors (Lipinski definition) is 0. The number of alkyl halides is 3. The van der Waals surface area contributed by atoms with Crippen LogP contribution in [0.3, 0.4) is 0 Å². The zero-order valence-corrected chi connectivity index (χ0v) is 12.0. The number of nitrogens with zero attached hydrogens (tertiary/aromatic N) is 2. The summed E-state index contributed by atoms with van der Waals surface area (Å²) >= 11 is 1.23. The fourth-order valence-electron chi connectivity index (χ4n) is 0.927. The third-order valence-corrected chi connectivity index (χ3v) is 3.51. The van der Waals surface area contributed by atoms with Gasteiger partial charge in [-0.25, -0.2) is 8.42 Å². The molecule has 0 fully saturated rings. The van der Waals surface area contributed by atoms with Gasteiger partial charge >= 0.3 is 21.2 Å². The quantitative estimate of drug-likeness (QED) is 0.315. The normalized spacial score (nSPS) is 12.3. The highest BCUT2D eigenvalue weighted by Gasteiger charge is 2.38. The summed E-state index contributed by atoms with van der Waals surface area (Å²) in [6.07, 6.45) is -5.19. The summed E-state index contributed by atoms with van der Waals surface area (Å²) in [7, 11) is 0.487. The first kappa shape index (κ1) is 16.2. The first-order valence-electron chi connectivity index (χ1n) is 3.97. The molecule has 106 valence electrons. The molecule has 0 aromatic carbocycles. The second-order valence-electron chi connectivity index (χ2n) is 2.84. The molecule has 13 heteroatoms. The van der Waals surface area contributed by atoms with E-state index in [-0.39, 0.29) is 0 Å². The van der Waals surface area contributed by atoms with Crippen molar-refractivity contribution in [2.45, 2.75) is 11.4 Å². The number of rotatable bonds is 3. The summed E-state index contributed by atoms with van der Waals surface area (Å²) in [4.78, 5) is 12.2. The van der Waals surface area contributed by atoms with Crippen molar-refractivity contribution in [1.82, 2.24) is 4.98 Å². The highest BCUT2D eigenvalue weighted by Crippen LogP contribution is 2.36. The molecule has 19 heavy (non-hydrogen) atoms. The lowest BCUT2D eigenvalue weighted by Crippen LogP contribution is -2.19. The Labute approximate surface area is 121 Å². The van der Waals surface area contributed by atoms with Crippen molar-refractivity contribution >= 4 is 48.1 Å². The summed E-state index contributed by atoms with van der Waals surface area (Å²) in [6, 6.07) is 0.622. The molecule has 0 radical (unpaired) electrons. The monoisotopic (exact) mass is 432 g/mol. The average molecular weight is 433 g/mol. The molecule has 1 rings (SSSR count). The first-order chi connectivity index (χ1) is 8.42. The molecule has 0 N–H and O–H groups in total. The average Bonchev–Trinajstić information content (AvgIpc) is 2.16. The Morgan fingerprint density at radius 2 is 2.00 bits per heavy atom. The second-order valence-corrected chi connectivity index (χ2v) is 6.51. The molecule has 1 aromatic heterocycles. The van der Waals surface area contributed by atoms with Crippen LogP contribution in [0.25, 0.3) is 0 Å². The van der Waals surface area contributed by atoms with Gasteiger partial charge in [0.15, 0.2) is 0 Å². The van der Waals surface area contributed by atoms with E-state index in [0.717, 1.165) is 0 Å². The fraction of sp³-hybridized carbons (Fsp3) is 0.167. The minimum Gasteiger partial charge on any atom is -0.395 e. The van der Waals surface area contributed by atoms with Crippen molar-refractivity contribution in [2.24, 2.45) is 0 Å². The maximum Gasteiger partial charge on any atom is 0.573 e. The van der Waals surface area contributed by atoms with Crippen molar-refractivity contribution in [1.29, 1.82) is 0 Å². The molecule has 1 heterocycles. The number of pyridine rings is 1. The molecular weight excluding hydrogens is 431 g/mol. The van der Waals surface area contributed by atoms with Gasteiger partial charge in [-0.3, -0.25) is 0 Å². The summed E-state index contributed by atoms with van der Waals surface area (Å²) in [5.74, 6) is -2.61. The Morgan fingerprint density at radius 3 is 2.37 bits per heavy atom. The molecule has 0 aliphatic heterocycles. The molecule has 0 aliphatic carbocycles. The Bertz CT molecular complexity index is 634. The number of nitro groups is 1. The van der Waals surface area contributed by atoms with Crippen LogP contribution in [-0.4, -0.2) is 24.7 Å². The molecular formula is C6HClF3IN2O5S. The molecule has 0 amide bonds. The molecule has 0 unspecified atom stereocenters. The molecule has 0 bridgehead atoms. The van der Waals surface area contributed by atoms with E-state index in [9.17, 15) is 31.7 Å². The van der Waals surface area contributed by atoms with Gasteiger partial charge in [0.2, 0.25) is 5.75 Å². The molecule has 0 saturated heterocycles. The predicted molar refractivity (Wildman–Crippen MR) is 63.3 cm³/mol. The van der Waals surface area contributed by atoms with Crippen LogP contribution >= 0.6 is 33.3 Å². The SMILES string of the molecule is O=[N+]([O-])c1nc(S(=O)(=O)Cl)cc(I)c1OC(F)(F)F. The smallest absolute Gasteiger partial charge is 0.395 e. The van der Waals surface area contributed by atoms with Crippen LogP contribution in [0, 0.1) is 13.7 Å². The van der Waals surface area contributed by atoms with Crippen LogP contribution in [0.2, 0.25) is 0 Å². The maximum absolute atomic E-state index is 12.1. The van der Waals surface area contributed by atoms with Crippen LogP contribution in [0.15, 0.2) is 11.1 Å². The van der Waals surface area contributed by atoms with Gasteiger partial charge < -0.3 is 14.9 Å². The van der Waals surface area contributed by atoms with Crippen LogP contribution in [-0.2, 0) is 9.05 Å². The number of ether oxygens (including phenoxy) is 1. The van der Waals surface area contributed by atoms with Gasteiger partial charge in [0, 0.05) is 16.7 Å². The van der Waals surface area contributed by atoms with Gasteiger partial charge in [0.1, 0.15) is 0 Å². The van der Waals surface area contributed by atoms with Gasteiger partial charge in [-0.05, 0) is 32.5 Å². The van der Waals surface area contributed by atoms with E-state index in [0.29, 0.717) is 6.07 Å². The van der Waals surface area contributed by atoms with E-state index in [2.05, 4.69) is 9.72 Å². The highest BCUT2D eigenvalue weighted by molar-refractivity contribution is 14.1. The van der Waals surface area contributed by atoms with Crippen molar-refractivity contribution < 1.29 is 31.2 Å². The number of hydrogen-bond acceptors (Lipinski definition) is 6. The van der Waals surface area contributed by atoms with Crippen molar-refractivity contribution in [3.8, 4) is 5.75 Å². The standard InChI is InChI=1S/C6HClF3IN2O5S/c7-19(16,17)3-1-2(11)4(18-6(8,9)10)5(12-3)13(14)15/h1H. The summed E-state index contributed by atoms with van der Waals surface area (Å²) < 4.78 is 61.1.